The van der Waals surface area contributed by atoms with Crippen LogP contribution in [0.4, 0.5) is 0 Å². The Morgan fingerprint density at radius 1 is 1.00 bits per heavy atom. The second-order valence-electron chi connectivity index (χ2n) is 9.50. The average molecular weight is 277 g/mol. The summed E-state index contributed by atoms with van der Waals surface area (Å²) in [5.41, 5.74) is 7.52. The summed E-state index contributed by atoms with van der Waals surface area (Å²) in [5.74, 6) is 3.97. The van der Waals surface area contributed by atoms with Crippen molar-refractivity contribution in [3.63, 3.8) is 0 Å². The fourth-order valence-electron chi connectivity index (χ4n) is 5.65. The van der Waals surface area contributed by atoms with E-state index in [1.54, 1.807) is 0 Å². The summed E-state index contributed by atoms with van der Waals surface area (Å²) in [6.07, 6.45) is 14.1. The lowest BCUT2D eigenvalue weighted by atomic mass is 9.74. The topological polar surface area (TPSA) is 26.0 Å². The molecule has 0 heterocycles. The molecule has 0 aromatic carbocycles. The molecule has 3 aliphatic rings. The highest BCUT2D eigenvalue weighted by Gasteiger charge is 2.43. The first-order valence-electron chi connectivity index (χ1n) is 9.15. The second-order valence-corrected chi connectivity index (χ2v) is 9.50. The standard InChI is InChI=1S/C19H35N/c1-18(2,3)17-5-4-9-19(20,10-8-17)13-16-12-14-6-7-15(16)11-14/h14-17H,4-13,20H2,1-3H3. The van der Waals surface area contributed by atoms with Crippen molar-refractivity contribution in [2.45, 2.75) is 90.5 Å². The highest BCUT2D eigenvalue weighted by atomic mass is 14.7. The molecule has 0 aromatic heterocycles. The predicted octanol–water partition coefficient (Wildman–Crippen LogP) is 5.14. The first kappa shape index (κ1) is 14.9. The summed E-state index contributed by atoms with van der Waals surface area (Å²) < 4.78 is 0. The third-order valence-corrected chi connectivity index (χ3v) is 7.00. The van der Waals surface area contributed by atoms with Gasteiger partial charge in [-0.25, -0.2) is 0 Å². The van der Waals surface area contributed by atoms with Gasteiger partial charge in [-0.05, 0) is 80.5 Å². The van der Waals surface area contributed by atoms with Gasteiger partial charge < -0.3 is 5.73 Å². The Bertz CT molecular complexity index is 342. The van der Waals surface area contributed by atoms with Gasteiger partial charge in [-0.15, -0.1) is 0 Å². The van der Waals surface area contributed by atoms with E-state index in [0.717, 1.165) is 23.7 Å². The Morgan fingerprint density at radius 2 is 1.80 bits per heavy atom. The maximum Gasteiger partial charge on any atom is 0.0157 e. The van der Waals surface area contributed by atoms with Crippen molar-refractivity contribution < 1.29 is 0 Å². The Balaban J connectivity index is 1.58. The van der Waals surface area contributed by atoms with Crippen molar-refractivity contribution in [1.29, 1.82) is 0 Å². The Hall–Kier alpha value is -0.0400. The molecule has 5 unspecified atom stereocenters. The van der Waals surface area contributed by atoms with Crippen LogP contribution in [0.3, 0.4) is 0 Å². The lowest BCUT2D eigenvalue weighted by Crippen LogP contribution is -2.42. The van der Waals surface area contributed by atoms with E-state index in [-0.39, 0.29) is 5.54 Å². The molecule has 5 atom stereocenters. The molecule has 0 amide bonds. The largest absolute Gasteiger partial charge is 0.325 e. The molecule has 3 aliphatic carbocycles. The SMILES string of the molecule is CC(C)(C)C1CCCC(N)(CC2CC3CCC2C3)CC1. The molecule has 0 radical (unpaired) electrons. The zero-order valence-electron chi connectivity index (χ0n) is 14.0. The van der Waals surface area contributed by atoms with Crippen LogP contribution in [0, 0.1) is 29.1 Å². The number of nitrogens with two attached hydrogens (primary N) is 1. The van der Waals surface area contributed by atoms with E-state index in [9.17, 15) is 0 Å². The van der Waals surface area contributed by atoms with Gasteiger partial charge in [-0.1, -0.05) is 33.6 Å². The van der Waals surface area contributed by atoms with Crippen LogP contribution in [-0.2, 0) is 0 Å². The molecule has 0 spiro atoms. The zero-order chi connectivity index (χ0) is 14.4. The van der Waals surface area contributed by atoms with Crippen LogP contribution in [0.25, 0.3) is 0 Å². The fraction of sp³-hybridized carbons (Fsp3) is 1.00. The van der Waals surface area contributed by atoms with E-state index in [1.807, 2.05) is 0 Å². The third-order valence-electron chi connectivity index (χ3n) is 7.00. The summed E-state index contributed by atoms with van der Waals surface area (Å²) in [6.45, 7) is 7.24. The lowest BCUT2D eigenvalue weighted by Gasteiger charge is -2.35. The highest BCUT2D eigenvalue weighted by Crippen LogP contribution is 2.52. The molecule has 0 saturated heterocycles. The maximum absolute atomic E-state index is 6.88. The lowest BCUT2D eigenvalue weighted by molar-refractivity contribution is 0.197. The minimum absolute atomic E-state index is 0.176. The van der Waals surface area contributed by atoms with E-state index in [2.05, 4.69) is 20.8 Å². The van der Waals surface area contributed by atoms with Gasteiger partial charge in [0.1, 0.15) is 0 Å². The van der Waals surface area contributed by atoms with Crippen LogP contribution in [0.2, 0.25) is 0 Å². The molecule has 1 nitrogen and oxygen atoms in total. The fourth-order valence-corrected chi connectivity index (χ4v) is 5.65. The van der Waals surface area contributed by atoms with Crippen molar-refractivity contribution in [2.75, 3.05) is 0 Å². The number of rotatable bonds is 2. The first-order chi connectivity index (χ1) is 9.36. The average Bonchev–Trinajstić information content (AvgIpc) is 2.88. The summed E-state index contributed by atoms with van der Waals surface area (Å²) in [6, 6.07) is 0. The molecule has 116 valence electrons. The Morgan fingerprint density at radius 3 is 2.40 bits per heavy atom. The van der Waals surface area contributed by atoms with E-state index in [4.69, 9.17) is 5.73 Å². The molecule has 3 fully saturated rings. The molecule has 3 saturated carbocycles. The molecule has 0 aromatic rings. The maximum atomic E-state index is 6.88. The minimum Gasteiger partial charge on any atom is -0.325 e. The van der Waals surface area contributed by atoms with Gasteiger partial charge in [0.25, 0.3) is 0 Å². The number of hydrogen-bond acceptors (Lipinski definition) is 1. The predicted molar refractivity (Wildman–Crippen MR) is 86.5 cm³/mol. The molecule has 3 rings (SSSR count). The van der Waals surface area contributed by atoms with Crippen LogP contribution in [0.15, 0.2) is 0 Å². The third kappa shape index (κ3) is 3.08. The zero-order valence-corrected chi connectivity index (χ0v) is 14.0. The Labute approximate surface area is 126 Å². The summed E-state index contributed by atoms with van der Waals surface area (Å²) in [4.78, 5) is 0. The highest BCUT2D eigenvalue weighted by molar-refractivity contribution is 4.97. The van der Waals surface area contributed by atoms with Gasteiger partial charge in [0.05, 0.1) is 0 Å². The van der Waals surface area contributed by atoms with Gasteiger partial charge in [-0.2, -0.15) is 0 Å². The number of hydrogen-bond donors (Lipinski definition) is 1. The van der Waals surface area contributed by atoms with E-state index >= 15 is 0 Å². The molecule has 2 N–H and O–H groups in total. The van der Waals surface area contributed by atoms with Crippen LogP contribution in [0.5, 0.6) is 0 Å². The normalized spacial score (nSPS) is 45.6. The summed E-state index contributed by atoms with van der Waals surface area (Å²) >= 11 is 0. The molecule has 0 aliphatic heterocycles. The van der Waals surface area contributed by atoms with Crippen molar-refractivity contribution in [1.82, 2.24) is 0 Å². The summed E-state index contributed by atoms with van der Waals surface area (Å²) in [7, 11) is 0. The first-order valence-corrected chi connectivity index (χ1v) is 9.15. The van der Waals surface area contributed by atoms with E-state index < -0.39 is 0 Å². The van der Waals surface area contributed by atoms with Gasteiger partial charge >= 0.3 is 0 Å². The van der Waals surface area contributed by atoms with Crippen LogP contribution >= 0.6 is 0 Å². The van der Waals surface area contributed by atoms with Crippen LogP contribution in [0.1, 0.15) is 85.0 Å². The second kappa shape index (κ2) is 5.30. The monoisotopic (exact) mass is 277 g/mol. The minimum atomic E-state index is 0.176. The van der Waals surface area contributed by atoms with Crippen LogP contribution < -0.4 is 5.73 Å². The molecule has 20 heavy (non-hydrogen) atoms. The van der Waals surface area contributed by atoms with Crippen molar-refractivity contribution in [3.05, 3.63) is 0 Å². The quantitative estimate of drug-likeness (QED) is 0.695. The summed E-state index contributed by atoms with van der Waals surface area (Å²) in [5, 5.41) is 0. The van der Waals surface area contributed by atoms with Gasteiger partial charge in [-0.3, -0.25) is 0 Å². The van der Waals surface area contributed by atoms with Gasteiger partial charge in [0, 0.05) is 5.54 Å². The van der Waals surface area contributed by atoms with E-state index in [0.29, 0.717) is 5.41 Å². The number of fused-ring (bicyclic) bond motifs is 2. The molecule has 1 heteroatoms. The molecule has 2 bridgehead atoms. The smallest absolute Gasteiger partial charge is 0.0157 e. The Kier molecular flexibility index (Phi) is 3.95. The van der Waals surface area contributed by atoms with Crippen molar-refractivity contribution in [3.8, 4) is 0 Å². The molecular formula is C19H35N. The van der Waals surface area contributed by atoms with Crippen LogP contribution in [-0.4, -0.2) is 5.54 Å². The van der Waals surface area contributed by atoms with Crippen molar-refractivity contribution >= 4 is 0 Å². The molecular weight excluding hydrogens is 242 g/mol. The van der Waals surface area contributed by atoms with Gasteiger partial charge in [0.2, 0.25) is 0 Å². The van der Waals surface area contributed by atoms with E-state index in [1.165, 1.54) is 64.2 Å². The van der Waals surface area contributed by atoms with Gasteiger partial charge in [0.15, 0.2) is 0 Å². The van der Waals surface area contributed by atoms with Crippen molar-refractivity contribution in [2.24, 2.45) is 34.8 Å².